The van der Waals surface area contributed by atoms with Gasteiger partial charge < -0.3 is 28.9 Å². The zero-order chi connectivity index (χ0) is 25.4. The number of hydrogen-bond acceptors (Lipinski definition) is 10. The average molecular weight is 500 g/mol. The van der Waals surface area contributed by atoms with E-state index < -0.39 is 38.8 Å². The highest BCUT2D eigenvalue weighted by molar-refractivity contribution is 7.44. The minimum absolute atomic E-state index is 0.0769. The molecule has 34 heavy (non-hydrogen) atoms. The first kappa shape index (κ1) is 28.3. The lowest BCUT2D eigenvalue weighted by Crippen LogP contribution is -2.41. The topological polar surface area (TPSA) is 148 Å². The predicted octanol–water partition coefficient (Wildman–Crippen LogP) is 1.77. The van der Waals surface area contributed by atoms with Crippen molar-refractivity contribution in [1.82, 2.24) is 14.2 Å². The summed E-state index contributed by atoms with van der Waals surface area (Å²) in [5.74, 6) is -0.235. The summed E-state index contributed by atoms with van der Waals surface area (Å²) >= 11 is 0. The highest BCUT2D eigenvalue weighted by atomic mass is 31.2. The summed E-state index contributed by atoms with van der Waals surface area (Å²) in [5, 5.41) is 21.4. The number of methoxy groups -OCH3 is 1. The molecule has 5 atom stereocenters. The van der Waals surface area contributed by atoms with E-state index >= 15 is 0 Å². The number of carbonyl (C=O) groups excluding carboxylic acids is 1. The Balaban J connectivity index is 2.35. The maximum absolute atomic E-state index is 12.7. The highest BCUT2D eigenvalue weighted by Gasteiger charge is 2.49. The summed E-state index contributed by atoms with van der Waals surface area (Å²) in [6.45, 7) is 9.18. The third-order valence-electron chi connectivity index (χ3n) is 5.02. The van der Waals surface area contributed by atoms with Gasteiger partial charge in [-0.2, -0.15) is 10.2 Å². The van der Waals surface area contributed by atoms with Crippen LogP contribution in [0.5, 0.6) is 0 Å². The average Bonchev–Trinajstić information content (AvgIpc) is 3.10. The summed E-state index contributed by atoms with van der Waals surface area (Å²) in [7, 11) is -0.179. The summed E-state index contributed by atoms with van der Waals surface area (Å²) in [6, 6.07) is 3.68. The van der Waals surface area contributed by atoms with Crippen LogP contribution in [0.3, 0.4) is 0 Å². The fraction of sp³-hybridized carbons (Fsp3) is 0.714. The van der Waals surface area contributed by atoms with E-state index in [-0.39, 0.29) is 43.4 Å². The zero-order valence-corrected chi connectivity index (χ0v) is 21.3. The molecule has 2 N–H and O–H groups in total. The minimum Gasteiger partial charge on any atom is -0.394 e. The lowest BCUT2D eigenvalue weighted by Gasteiger charge is -2.38. The Hall–Kier alpha value is -1.97. The quantitative estimate of drug-likeness (QED) is 0.322. The Labute approximate surface area is 200 Å². The Morgan fingerprint density at radius 2 is 2.06 bits per heavy atom. The van der Waals surface area contributed by atoms with E-state index in [2.05, 4.69) is 21.0 Å². The van der Waals surface area contributed by atoms with Crippen molar-refractivity contribution in [3.63, 3.8) is 0 Å². The molecule has 0 spiro atoms. The lowest BCUT2D eigenvalue weighted by molar-refractivity contribution is -0.114. The number of anilines is 1. The molecule has 2 rings (SSSR count). The van der Waals surface area contributed by atoms with Crippen molar-refractivity contribution < 1.29 is 28.4 Å². The number of nitriles is 1. The summed E-state index contributed by atoms with van der Waals surface area (Å²) in [6.07, 6.45) is -1.63. The molecule has 1 unspecified atom stereocenters. The van der Waals surface area contributed by atoms with E-state index in [1.165, 1.54) is 30.9 Å². The molecular weight excluding hydrogens is 465 g/mol. The number of nitrogens with one attached hydrogen (secondary N) is 1. The van der Waals surface area contributed by atoms with Gasteiger partial charge in [-0.25, -0.2) is 9.46 Å². The number of aromatic nitrogens is 2. The largest absolute Gasteiger partial charge is 0.394 e. The van der Waals surface area contributed by atoms with Crippen molar-refractivity contribution in [2.24, 2.45) is 0 Å². The Kier molecular flexibility index (Phi) is 11.0. The third-order valence-corrected chi connectivity index (χ3v) is 7.15. The van der Waals surface area contributed by atoms with Crippen molar-refractivity contribution >= 4 is 20.3 Å². The van der Waals surface area contributed by atoms with Gasteiger partial charge in [-0.3, -0.25) is 9.36 Å². The van der Waals surface area contributed by atoms with E-state index in [1.807, 2.05) is 27.7 Å². The van der Waals surface area contributed by atoms with Gasteiger partial charge in [0, 0.05) is 32.3 Å². The van der Waals surface area contributed by atoms with Gasteiger partial charge in [0.05, 0.1) is 25.7 Å². The van der Waals surface area contributed by atoms with Crippen molar-refractivity contribution in [2.45, 2.75) is 77.7 Å². The second-order valence-corrected chi connectivity index (χ2v) is 9.66. The van der Waals surface area contributed by atoms with Crippen molar-refractivity contribution in [3.8, 4) is 6.07 Å². The van der Waals surface area contributed by atoms with Crippen LogP contribution in [-0.4, -0.2) is 76.0 Å². The van der Waals surface area contributed by atoms with Crippen LogP contribution >= 0.6 is 8.53 Å². The van der Waals surface area contributed by atoms with Crippen LogP contribution in [0.15, 0.2) is 17.1 Å². The zero-order valence-electron chi connectivity index (χ0n) is 20.4. The SMILES string of the molecule is CO[C@@H]1[C@H](OP(OCCC#N)N(C(C)C)C(C)C)[C@@H](CO)O[C@H]1n1ccc(NC(C)=O)nc1=O. The summed E-state index contributed by atoms with van der Waals surface area (Å²) < 4.78 is 27.2. The molecule has 0 aliphatic carbocycles. The molecule has 1 aromatic heterocycles. The van der Waals surface area contributed by atoms with Crippen molar-refractivity contribution in [2.75, 3.05) is 25.6 Å². The van der Waals surface area contributed by atoms with Crippen molar-refractivity contribution in [3.05, 3.63) is 22.7 Å². The van der Waals surface area contributed by atoms with Gasteiger partial charge in [0.2, 0.25) is 5.91 Å². The van der Waals surface area contributed by atoms with E-state index in [0.717, 1.165) is 0 Å². The monoisotopic (exact) mass is 499 g/mol. The fourth-order valence-corrected chi connectivity index (χ4v) is 5.48. The van der Waals surface area contributed by atoms with Gasteiger partial charge in [0.1, 0.15) is 24.1 Å². The molecule has 0 saturated carbocycles. The number of aliphatic hydroxyl groups excluding tert-OH is 1. The van der Waals surface area contributed by atoms with Gasteiger partial charge in [-0.05, 0) is 33.8 Å². The molecule has 12 nitrogen and oxygen atoms in total. The first-order chi connectivity index (χ1) is 16.1. The molecule has 1 aliphatic heterocycles. The number of hydrogen-bond donors (Lipinski definition) is 2. The number of aliphatic hydroxyl groups is 1. The van der Waals surface area contributed by atoms with Crippen LogP contribution in [0.25, 0.3) is 0 Å². The summed E-state index contributed by atoms with van der Waals surface area (Å²) in [5.41, 5.74) is -0.658. The molecule has 1 amide bonds. The third kappa shape index (κ3) is 7.02. The molecule has 1 aliphatic rings. The molecule has 0 radical (unpaired) electrons. The summed E-state index contributed by atoms with van der Waals surface area (Å²) in [4.78, 5) is 27.8. The van der Waals surface area contributed by atoms with Gasteiger partial charge in [0.25, 0.3) is 8.53 Å². The first-order valence-electron chi connectivity index (χ1n) is 11.0. The number of ether oxygens (including phenoxy) is 2. The van der Waals surface area contributed by atoms with E-state index in [0.29, 0.717) is 0 Å². The molecule has 0 bridgehead atoms. The molecule has 2 heterocycles. The standard InChI is InChI=1S/C21H34N5O7P/c1-13(2)26(14(3)4)34(31-11-7-9-22)33-18-16(12-27)32-20(19(18)30-6)25-10-8-17(23-15(5)28)24-21(25)29/h8,10,13-14,16,18-20,27H,7,11-12H2,1-6H3,(H,23,24,28,29)/t16-,18-,19-,20-,34?/m1/s1. The molecule has 0 aromatic carbocycles. The highest BCUT2D eigenvalue weighted by Crippen LogP contribution is 2.50. The van der Waals surface area contributed by atoms with E-state index in [1.54, 1.807) is 0 Å². The maximum Gasteiger partial charge on any atom is 0.351 e. The number of nitrogens with zero attached hydrogens (tertiary/aromatic N) is 4. The van der Waals surface area contributed by atoms with E-state index in [4.69, 9.17) is 23.8 Å². The number of rotatable bonds is 12. The Morgan fingerprint density at radius 1 is 1.38 bits per heavy atom. The molecule has 1 aromatic rings. The van der Waals surface area contributed by atoms with Gasteiger partial charge >= 0.3 is 5.69 Å². The van der Waals surface area contributed by atoms with Crippen LogP contribution < -0.4 is 11.0 Å². The van der Waals surface area contributed by atoms with Crippen LogP contribution in [-0.2, 0) is 23.3 Å². The second kappa shape index (κ2) is 13.2. The van der Waals surface area contributed by atoms with Gasteiger partial charge in [0.15, 0.2) is 6.23 Å². The van der Waals surface area contributed by atoms with Crippen molar-refractivity contribution in [1.29, 1.82) is 5.26 Å². The predicted molar refractivity (Wildman–Crippen MR) is 125 cm³/mol. The maximum atomic E-state index is 12.7. The lowest BCUT2D eigenvalue weighted by atomic mass is 10.1. The minimum atomic E-state index is -1.64. The molecule has 1 saturated heterocycles. The molecule has 13 heteroatoms. The molecular formula is C21H34N5O7P. The second-order valence-electron chi connectivity index (χ2n) is 8.25. The smallest absolute Gasteiger partial charge is 0.351 e. The number of carbonyl (C=O) groups is 1. The van der Waals surface area contributed by atoms with Gasteiger partial charge in [-0.1, -0.05) is 0 Å². The normalized spacial score (nSPS) is 23.4. The molecule has 1 fully saturated rings. The van der Waals surface area contributed by atoms with Crippen LogP contribution in [0.1, 0.15) is 47.3 Å². The van der Waals surface area contributed by atoms with Crippen LogP contribution in [0.4, 0.5) is 5.82 Å². The fourth-order valence-electron chi connectivity index (χ4n) is 3.71. The van der Waals surface area contributed by atoms with Crippen LogP contribution in [0.2, 0.25) is 0 Å². The van der Waals surface area contributed by atoms with Crippen LogP contribution in [0, 0.1) is 11.3 Å². The Bertz CT molecular complexity index is 898. The van der Waals surface area contributed by atoms with Gasteiger partial charge in [-0.15, -0.1) is 0 Å². The molecule has 190 valence electrons. The number of amides is 1. The first-order valence-corrected chi connectivity index (χ1v) is 12.2. The Morgan fingerprint density at radius 3 is 2.56 bits per heavy atom. The van der Waals surface area contributed by atoms with E-state index in [9.17, 15) is 14.7 Å².